The van der Waals surface area contributed by atoms with Crippen molar-refractivity contribution in [3.8, 4) is 5.75 Å². The molecular weight excluding hydrogens is 350 g/mol. The number of benzene rings is 2. The number of nitrogens with zero attached hydrogens (tertiary/aromatic N) is 1. The van der Waals surface area contributed by atoms with E-state index in [1.165, 1.54) is 48.9 Å². The van der Waals surface area contributed by atoms with Crippen LogP contribution in [0, 0.1) is 0 Å². The van der Waals surface area contributed by atoms with Crippen molar-refractivity contribution in [3.05, 3.63) is 53.6 Å². The molecule has 1 saturated heterocycles. The van der Waals surface area contributed by atoms with Crippen molar-refractivity contribution in [3.63, 3.8) is 0 Å². The maximum absolute atomic E-state index is 12.1. The number of hydrogen-bond donors (Lipinski definition) is 2. The lowest BCUT2D eigenvalue weighted by Gasteiger charge is -2.18. The van der Waals surface area contributed by atoms with E-state index in [1.54, 1.807) is 0 Å². The SMILES string of the molecule is O=C(NCCOc1ccc2c(c1)CCCC2)Nc1ccc(N2CCCC2)cc1. The first kappa shape index (κ1) is 18.7. The van der Waals surface area contributed by atoms with Crippen molar-refractivity contribution in [1.29, 1.82) is 0 Å². The van der Waals surface area contributed by atoms with Gasteiger partial charge in [-0.05, 0) is 86.1 Å². The molecular formula is C23H29N3O2. The Labute approximate surface area is 167 Å². The second-order valence-electron chi connectivity index (χ2n) is 7.61. The first-order valence-corrected chi connectivity index (χ1v) is 10.4. The lowest BCUT2D eigenvalue weighted by atomic mass is 9.92. The van der Waals surface area contributed by atoms with Gasteiger partial charge in [-0.1, -0.05) is 6.07 Å². The van der Waals surface area contributed by atoms with Crippen LogP contribution in [0.4, 0.5) is 16.2 Å². The summed E-state index contributed by atoms with van der Waals surface area (Å²) >= 11 is 0. The van der Waals surface area contributed by atoms with Gasteiger partial charge in [-0.3, -0.25) is 0 Å². The molecule has 1 fully saturated rings. The van der Waals surface area contributed by atoms with Gasteiger partial charge in [0.05, 0.1) is 6.54 Å². The molecule has 2 aromatic carbocycles. The van der Waals surface area contributed by atoms with Crippen LogP contribution in [0.25, 0.3) is 0 Å². The summed E-state index contributed by atoms with van der Waals surface area (Å²) in [5, 5.41) is 5.72. The van der Waals surface area contributed by atoms with Gasteiger partial charge in [0.15, 0.2) is 0 Å². The molecule has 5 heteroatoms. The fourth-order valence-corrected chi connectivity index (χ4v) is 4.04. The molecule has 2 N–H and O–H groups in total. The van der Waals surface area contributed by atoms with Crippen LogP contribution in [0.5, 0.6) is 5.75 Å². The van der Waals surface area contributed by atoms with Gasteiger partial charge < -0.3 is 20.3 Å². The molecule has 0 aromatic heterocycles. The van der Waals surface area contributed by atoms with E-state index < -0.39 is 0 Å². The van der Waals surface area contributed by atoms with Crippen LogP contribution in [0.2, 0.25) is 0 Å². The van der Waals surface area contributed by atoms with Crippen molar-refractivity contribution in [2.24, 2.45) is 0 Å². The number of hydrogen-bond acceptors (Lipinski definition) is 3. The van der Waals surface area contributed by atoms with Crippen LogP contribution >= 0.6 is 0 Å². The van der Waals surface area contributed by atoms with Gasteiger partial charge in [0.25, 0.3) is 0 Å². The Morgan fingerprint density at radius 3 is 2.46 bits per heavy atom. The van der Waals surface area contributed by atoms with Crippen LogP contribution in [-0.4, -0.2) is 32.3 Å². The van der Waals surface area contributed by atoms with Gasteiger partial charge in [-0.15, -0.1) is 0 Å². The first-order valence-electron chi connectivity index (χ1n) is 10.4. The van der Waals surface area contributed by atoms with Gasteiger partial charge in [0.1, 0.15) is 12.4 Å². The second-order valence-corrected chi connectivity index (χ2v) is 7.61. The highest BCUT2D eigenvalue weighted by atomic mass is 16.5. The third-order valence-electron chi connectivity index (χ3n) is 5.57. The molecule has 0 spiro atoms. The molecule has 0 bridgehead atoms. The molecule has 5 nitrogen and oxygen atoms in total. The third kappa shape index (κ3) is 4.77. The molecule has 2 amide bonds. The maximum atomic E-state index is 12.1. The van der Waals surface area contributed by atoms with Crippen LogP contribution in [0.3, 0.4) is 0 Å². The quantitative estimate of drug-likeness (QED) is 0.733. The third-order valence-corrected chi connectivity index (χ3v) is 5.57. The number of amides is 2. The number of nitrogens with one attached hydrogen (secondary N) is 2. The summed E-state index contributed by atoms with van der Waals surface area (Å²) in [6.45, 7) is 3.17. The molecule has 4 rings (SSSR count). The normalized spacial score (nSPS) is 15.8. The standard InChI is InChI=1S/C23H29N3O2/c27-23(25-20-8-10-21(11-9-20)26-14-3-4-15-26)24-13-16-28-22-12-7-18-5-1-2-6-19(18)17-22/h7-12,17H,1-6,13-16H2,(H2,24,25,27). The van der Waals surface area contributed by atoms with Gasteiger partial charge in [-0.25, -0.2) is 4.79 Å². The predicted octanol–water partition coefficient (Wildman–Crippen LogP) is 4.37. The van der Waals surface area contributed by atoms with Gasteiger partial charge in [0.2, 0.25) is 0 Å². The highest BCUT2D eigenvalue weighted by Gasteiger charge is 2.12. The van der Waals surface area contributed by atoms with Crippen LogP contribution in [0.1, 0.15) is 36.8 Å². The Morgan fingerprint density at radius 2 is 1.68 bits per heavy atom. The van der Waals surface area contributed by atoms with Crippen LogP contribution in [0.15, 0.2) is 42.5 Å². The zero-order valence-electron chi connectivity index (χ0n) is 16.4. The van der Waals surface area contributed by atoms with Crippen molar-refractivity contribution in [1.82, 2.24) is 5.32 Å². The second kappa shape index (κ2) is 9.00. The summed E-state index contributed by atoms with van der Waals surface area (Å²) in [6, 6.07) is 14.2. The molecule has 148 valence electrons. The predicted molar refractivity (Wildman–Crippen MR) is 113 cm³/mol. The van der Waals surface area contributed by atoms with Crippen LogP contribution in [-0.2, 0) is 12.8 Å². The lowest BCUT2D eigenvalue weighted by Crippen LogP contribution is -2.32. The summed E-state index contributed by atoms with van der Waals surface area (Å²) in [5.74, 6) is 0.889. The maximum Gasteiger partial charge on any atom is 0.319 e. The van der Waals surface area contributed by atoms with Crippen molar-refractivity contribution in [2.75, 3.05) is 36.5 Å². The molecule has 0 radical (unpaired) electrons. The number of carbonyl (C=O) groups excluding carboxylic acids is 1. The minimum absolute atomic E-state index is 0.206. The number of fused-ring (bicyclic) bond motifs is 1. The van der Waals surface area contributed by atoms with E-state index in [1.807, 2.05) is 18.2 Å². The smallest absolute Gasteiger partial charge is 0.319 e. The summed E-state index contributed by atoms with van der Waals surface area (Å²) in [4.78, 5) is 14.4. The number of urea groups is 1. The summed E-state index contributed by atoms with van der Waals surface area (Å²) < 4.78 is 5.80. The molecule has 1 aliphatic heterocycles. The van der Waals surface area contributed by atoms with Crippen molar-refractivity contribution < 1.29 is 9.53 Å². The number of anilines is 2. The monoisotopic (exact) mass is 379 g/mol. The Balaban J connectivity index is 1.18. The highest BCUT2D eigenvalue weighted by molar-refractivity contribution is 5.89. The molecule has 1 aliphatic carbocycles. The Bertz CT molecular complexity index is 798. The van der Waals surface area contributed by atoms with E-state index in [0.29, 0.717) is 13.2 Å². The molecule has 2 aliphatic rings. The first-order chi connectivity index (χ1) is 13.8. The van der Waals surface area contributed by atoms with Crippen molar-refractivity contribution in [2.45, 2.75) is 38.5 Å². The van der Waals surface area contributed by atoms with E-state index in [-0.39, 0.29) is 6.03 Å². The lowest BCUT2D eigenvalue weighted by molar-refractivity contribution is 0.247. The Morgan fingerprint density at radius 1 is 0.929 bits per heavy atom. The minimum atomic E-state index is -0.206. The van der Waals surface area contributed by atoms with E-state index in [9.17, 15) is 4.79 Å². The van der Waals surface area contributed by atoms with Gasteiger partial charge in [0, 0.05) is 24.5 Å². The van der Waals surface area contributed by atoms with E-state index in [0.717, 1.165) is 30.9 Å². The van der Waals surface area contributed by atoms with Gasteiger partial charge >= 0.3 is 6.03 Å². The molecule has 28 heavy (non-hydrogen) atoms. The highest BCUT2D eigenvalue weighted by Crippen LogP contribution is 2.25. The Kier molecular flexibility index (Phi) is 6.00. The van der Waals surface area contributed by atoms with E-state index in [2.05, 4.69) is 39.8 Å². The fraction of sp³-hybridized carbons (Fsp3) is 0.435. The molecule has 0 unspecified atom stereocenters. The van der Waals surface area contributed by atoms with Gasteiger partial charge in [-0.2, -0.15) is 0 Å². The molecule has 0 atom stereocenters. The van der Waals surface area contributed by atoms with E-state index >= 15 is 0 Å². The number of ether oxygens (including phenoxy) is 1. The van der Waals surface area contributed by atoms with Crippen molar-refractivity contribution >= 4 is 17.4 Å². The largest absolute Gasteiger partial charge is 0.492 e. The average Bonchev–Trinajstić information content (AvgIpc) is 3.26. The fourth-order valence-electron chi connectivity index (χ4n) is 4.04. The topological polar surface area (TPSA) is 53.6 Å². The summed E-state index contributed by atoms with van der Waals surface area (Å²) in [7, 11) is 0. The number of aryl methyl sites for hydroxylation is 2. The van der Waals surface area contributed by atoms with Crippen LogP contribution < -0.4 is 20.3 Å². The zero-order valence-corrected chi connectivity index (χ0v) is 16.4. The number of carbonyl (C=O) groups is 1. The summed E-state index contributed by atoms with van der Waals surface area (Å²) in [5.41, 5.74) is 4.89. The molecule has 1 heterocycles. The number of rotatable bonds is 6. The summed E-state index contributed by atoms with van der Waals surface area (Å²) in [6.07, 6.45) is 7.39. The Hall–Kier alpha value is -2.69. The minimum Gasteiger partial charge on any atom is -0.492 e. The van der Waals surface area contributed by atoms with E-state index in [4.69, 9.17) is 4.74 Å². The average molecular weight is 380 g/mol. The molecule has 0 saturated carbocycles. The molecule has 2 aromatic rings. The zero-order chi connectivity index (χ0) is 19.2.